The predicted octanol–water partition coefficient (Wildman–Crippen LogP) is 5.55. The van der Waals surface area contributed by atoms with Crippen LogP contribution in [0.15, 0.2) is 108 Å². The van der Waals surface area contributed by atoms with Crippen LogP contribution in [0.1, 0.15) is 11.1 Å². The maximum Gasteiger partial charge on any atom is 0.137 e. The molecule has 1 heterocycles. The lowest BCUT2D eigenvalue weighted by Gasteiger charge is -2.14. The number of ether oxygens (including phenoxy) is 1. The molecule has 27 heavy (non-hydrogen) atoms. The van der Waals surface area contributed by atoms with Crippen molar-refractivity contribution in [2.75, 3.05) is 0 Å². The molecule has 0 aliphatic carbocycles. The summed E-state index contributed by atoms with van der Waals surface area (Å²) in [6, 6.07) is 23.5. The standard InChI is InChI=1S/C24H16N2O/c25-17-22(18-26)21-15-23(13-11-19-7-3-1-4-8-19)27-24(16-21)14-12-20-9-5-2-6-10-20/h1-16H/b13-11+,14-12+. The van der Waals surface area contributed by atoms with E-state index in [9.17, 15) is 10.5 Å². The molecule has 128 valence electrons. The second kappa shape index (κ2) is 8.85. The Kier molecular flexibility index (Phi) is 5.81. The van der Waals surface area contributed by atoms with Crippen LogP contribution in [0.2, 0.25) is 0 Å². The molecular formula is C24H16N2O. The van der Waals surface area contributed by atoms with Crippen LogP contribution in [-0.2, 0) is 4.74 Å². The van der Waals surface area contributed by atoms with E-state index < -0.39 is 0 Å². The maximum absolute atomic E-state index is 9.20. The van der Waals surface area contributed by atoms with E-state index in [1.54, 1.807) is 12.2 Å². The molecule has 2 aromatic carbocycles. The van der Waals surface area contributed by atoms with Gasteiger partial charge in [-0.2, -0.15) is 10.5 Å². The molecule has 3 rings (SSSR count). The van der Waals surface area contributed by atoms with Crippen molar-refractivity contribution in [3.05, 3.63) is 119 Å². The van der Waals surface area contributed by atoms with Gasteiger partial charge in [0.2, 0.25) is 0 Å². The third-order valence-corrected chi connectivity index (χ3v) is 3.82. The topological polar surface area (TPSA) is 56.8 Å². The minimum Gasteiger partial charge on any atom is -0.457 e. The molecule has 0 atom stereocenters. The van der Waals surface area contributed by atoms with Gasteiger partial charge in [0, 0.05) is 5.57 Å². The molecule has 0 spiro atoms. The number of rotatable bonds is 4. The summed E-state index contributed by atoms with van der Waals surface area (Å²) in [4.78, 5) is 0. The molecule has 1 aliphatic heterocycles. The number of nitriles is 2. The quantitative estimate of drug-likeness (QED) is 0.680. The Morgan fingerprint density at radius 1 is 0.667 bits per heavy atom. The largest absolute Gasteiger partial charge is 0.457 e. The van der Waals surface area contributed by atoms with Gasteiger partial charge in [-0.1, -0.05) is 72.8 Å². The van der Waals surface area contributed by atoms with Gasteiger partial charge in [0.25, 0.3) is 0 Å². The molecule has 3 nitrogen and oxygen atoms in total. The summed E-state index contributed by atoms with van der Waals surface area (Å²) in [5.41, 5.74) is 2.65. The molecular weight excluding hydrogens is 332 g/mol. The third-order valence-electron chi connectivity index (χ3n) is 3.82. The maximum atomic E-state index is 9.20. The van der Waals surface area contributed by atoms with Crippen molar-refractivity contribution in [3.8, 4) is 12.1 Å². The third kappa shape index (κ3) is 4.95. The molecule has 0 saturated heterocycles. The minimum absolute atomic E-state index is 0.0505. The van der Waals surface area contributed by atoms with Gasteiger partial charge in [0.05, 0.1) is 0 Å². The normalized spacial score (nSPS) is 13.5. The lowest BCUT2D eigenvalue weighted by molar-refractivity contribution is 0.332. The fraction of sp³-hybridized carbons (Fsp3) is 0. The first-order chi connectivity index (χ1) is 13.3. The average molecular weight is 348 g/mol. The van der Waals surface area contributed by atoms with Gasteiger partial charge in [-0.25, -0.2) is 0 Å². The number of hydrogen-bond donors (Lipinski definition) is 0. The molecule has 3 heteroatoms. The Labute approximate surface area is 158 Å². The van der Waals surface area contributed by atoms with Gasteiger partial charge in [-0.15, -0.1) is 0 Å². The Balaban J connectivity index is 1.90. The van der Waals surface area contributed by atoms with Crippen molar-refractivity contribution in [2.24, 2.45) is 0 Å². The zero-order valence-electron chi connectivity index (χ0n) is 14.5. The van der Waals surface area contributed by atoms with E-state index in [0.29, 0.717) is 17.1 Å². The number of benzene rings is 2. The summed E-state index contributed by atoms with van der Waals surface area (Å²) < 4.78 is 5.89. The van der Waals surface area contributed by atoms with Crippen LogP contribution in [0.5, 0.6) is 0 Å². The lowest BCUT2D eigenvalue weighted by Crippen LogP contribution is -1.98. The summed E-state index contributed by atoms with van der Waals surface area (Å²) in [7, 11) is 0. The summed E-state index contributed by atoms with van der Waals surface area (Å²) in [6.45, 7) is 0. The summed E-state index contributed by atoms with van der Waals surface area (Å²) in [6.07, 6.45) is 10.9. The zero-order valence-corrected chi connectivity index (χ0v) is 14.5. The van der Waals surface area contributed by atoms with E-state index in [-0.39, 0.29) is 5.57 Å². The molecule has 0 N–H and O–H groups in total. The van der Waals surface area contributed by atoms with Crippen LogP contribution in [0.3, 0.4) is 0 Å². The van der Waals surface area contributed by atoms with E-state index >= 15 is 0 Å². The molecule has 0 fully saturated rings. The van der Waals surface area contributed by atoms with E-state index in [1.165, 1.54) is 0 Å². The van der Waals surface area contributed by atoms with Crippen LogP contribution in [0, 0.1) is 22.7 Å². The van der Waals surface area contributed by atoms with Gasteiger partial charge in [-0.05, 0) is 35.4 Å². The first-order valence-corrected chi connectivity index (χ1v) is 8.40. The molecule has 0 bridgehead atoms. The molecule has 0 radical (unpaired) electrons. The molecule has 0 unspecified atom stereocenters. The number of hydrogen-bond acceptors (Lipinski definition) is 3. The van der Waals surface area contributed by atoms with Crippen LogP contribution in [-0.4, -0.2) is 0 Å². The zero-order chi connectivity index (χ0) is 18.9. The molecule has 1 aliphatic rings. The first kappa shape index (κ1) is 17.7. The van der Waals surface area contributed by atoms with Gasteiger partial charge in [0.1, 0.15) is 29.2 Å². The van der Waals surface area contributed by atoms with Crippen LogP contribution in [0.25, 0.3) is 12.2 Å². The van der Waals surface area contributed by atoms with Crippen molar-refractivity contribution in [1.29, 1.82) is 10.5 Å². The summed E-state index contributed by atoms with van der Waals surface area (Å²) >= 11 is 0. The summed E-state index contributed by atoms with van der Waals surface area (Å²) in [5.74, 6) is 1.12. The van der Waals surface area contributed by atoms with Crippen LogP contribution in [0.4, 0.5) is 0 Å². The average Bonchev–Trinajstić information content (AvgIpc) is 2.73. The van der Waals surface area contributed by atoms with Gasteiger partial charge < -0.3 is 4.74 Å². The van der Waals surface area contributed by atoms with E-state index in [0.717, 1.165) is 11.1 Å². The fourth-order valence-electron chi connectivity index (χ4n) is 2.49. The highest BCUT2D eigenvalue weighted by Crippen LogP contribution is 2.24. The minimum atomic E-state index is 0.0505. The van der Waals surface area contributed by atoms with Gasteiger partial charge in [0.15, 0.2) is 0 Å². The van der Waals surface area contributed by atoms with E-state index in [2.05, 4.69) is 0 Å². The van der Waals surface area contributed by atoms with Gasteiger partial charge in [-0.3, -0.25) is 0 Å². The smallest absolute Gasteiger partial charge is 0.137 e. The Morgan fingerprint density at radius 3 is 1.52 bits per heavy atom. The monoisotopic (exact) mass is 348 g/mol. The first-order valence-electron chi connectivity index (χ1n) is 8.40. The summed E-state index contributed by atoms with van der Waals surface area (Å²) in [5, 5.41) is 18.4. The Hall–Kier alpha value is -4.08. The highest BCUT2D eigenvalue weighted by atomic mass is 16.5. The van der Waals surface area contributed by atoms with Gasteiger partial charge >= 0.3 is 0 Å². The van der Waals surface area contributed by atoms with Crippen molar-refractivity contribution in [2.45, 2.75) is 0 Å². The number of nitrogens with zero attached hydrogens (tertiary/aromatic N) is 2. The fourth-order valence-corrected chi connectivity index (χ4v) is 2.49. The highest BCUT2D eigenvalue weighted by molar-refractivity contribution is 5.60. The molecule has 0 saturated carbocycles. The second-order valence-electron chi connectivity index (χ2n) is 5.74. The van der Waals surface area contributed by atoms with Crippen molar-refractivity contribution in [3.63, 3.8) is 0 Å². The Morgan fingerprint density at radius 2 is 1.11 bits per heavy atom. The van der Waals surface area contributed by atoms with Crippen molar-refractivity contribution in [1.82, 2.24) is 0 Å². The van der Waals surface area contributed by atoms with E-state index in [1.807, 2.05) is 97.1 Å². The van der Waals surface area contributed by atoms with Crippen LogP contribution < -0.4 is 0 Å². The highest BCUT2D eigenvalue weighted by Gasteiger charge is 2.11. The SMILES string of the molecule is N#CC(C#N)=C1C=C(/C=C/c2ccccc2)OC(/C=C/c2ccccc2)=C1. The molecule has 0 amide bonds. The second-order valence-corrected chi connectivity index (χ2v) is 5.74. The van der Waals surface area contributed by atoms with Crippen molar-refractivity contribution >= 4 is 12.2 Å². The predicted molar refractivity (Wildman–Crippen MR) is 106 cm³/mol. The number of allylic oxidation sites excluding steroid dienone is 6. The Bertz CT molecular complexity index is 958. The van der Waals surface area contributed by atoms with Crippen molar-refractivity contribution < 1.29 is 4.74 Å². The lowest BCUT2D eigenvalue weighted by atomic mass is 10.1. The van der Waals surface area contributed by atoms with Crippen LogP contribution >= 0.6 is 0 Å². The molecule has 0 aromatic heterocycles. The molecule has 2 aromatic rings. The van der Waals surface area contributed by atoms with E-state index in [4.69, 9.17) is 4.74 Å².